The van der Waals surface area contributed by atoms with Crippen LogP contribution >= 0.6 is 11.6 Å². The van der Waals surface area contributed by atoms with E-state index >= 15 is 0 Å². The summed E-state index contributed by atoms with van der Waals surface area (Å²) in [6, 6.07) is 24.1. The summed E-state index contributed by atoms with van der Waals surface area (Å²) < 4.78 is 5.54. The van der Waals surface area contributed by atoms with Crippen molar-refractivity contribution in [1.29, 1.82) is 0 Å². The normalized spacial score (nSPS) is 15.6. The van der Waals surface area contributed by atoms with Crippen molar-refractivity contribution < 1.29 is 19.1 Å². The van der Waals surface area contributed by atoms with Crippen LogP contribution in [0.3, 0.4) is 0 Å². The minimum atomic E-state index is -0.391. The van der Waals surface area contributed by atoms with E-state index in [-0.39, 0.29) is 17.7 Å². The number of nitrogens with one attached hydrogen (secondary N) is 3. The minimum absolute atomic E-state index is 0.0912. The maximum Gasteiger partial charge on any atom is 0.344 e. The van der Waals surface area contributed by atoms with E-state index in [1.54, 1.807) is 29.2 Å². The van der Waals surface area contributed by atoms with Gasteiger partial charge in [0.25, 0.3) is 11.8 Å². The fourth-order valence-electron chi connectivity index (χ4n) is 6.11. The zero-order chi connectivity index (χ0) is 27.8. The Hall–Kier alpha value is -5.08. The van der Waals surface area contributed by atoms with Crippen molar-refractivity contribution in [2.75, 3.05) is 22.6 Å². The molecule has 0 radical (unpaired) electrons. The first-order valence-electron chi connectivity index (χ1n) is 13.2. The molecule has 2 aliphatic heterocycles. The second-order valence-corrected chi connectivity index (χ2v) is 10.7. The Balaban J connectivity index is 1.11. The van der Waals surface area contributed by atoms with Crippen LogP contribution in [0.5, 0.6) is 5.75 Å². The number of aromatic nitrogens is 2. The zero-order valence-electron chi connectivity index (χ0n) is 21.5. The van der Waals surface area contributed by atoms with Crippen LogP contribution in [0.15, 0.2) is 78.9 Å². The van der Waals surface area contributed by atoms with Crippen LogP contribution in [0.4, 0.5) is 11.4 Å². The SMILES string of the molecule is O=C(Nc1ccc2[nH]c(C(=O)N3C[C@@H](CCl)c4c3cc3c5c(cccc45)C(=O)O3)cc2c1)c1cc2ccccc2[nH]1. The standard InChI is InChI=1S/C32H21ClN4O4/c33-14-18-15-37(26-13-27-29-20(28(18)26)5-3-6-21(29)32(40)41-27)31(39)25-12-17-10-19(8-9-23(17)36-25)34-30(38)24-11-16-4-1-2-7-22(16)35-24/h1-13,18,35-36H,14-15H2,(H,34,38)/t18-/m1/s1. The van der Waals surface area contributed by atoms with Gasteiger partial charge in [-0.2, -0.15) is 0 Å². The average Bonchev–Trinajstić information content (AvgIpc) is 3.76. The van der Waals surface area contributed by atoms with Gasteiger partial charge in [0.15, 0.2) is 0 Å². The van der Waals surface area contributed by atoms with E-state index in [9.17, 15) is 14.4 Å². The van der Waals surface area contributed by atoms with Crippen molar-refractivity contribution in [1.82, 2.24) is 9.97 Å². The van der Waals surface area contributed by atoms with Crippen molar-refractivity contribution in [2.24, 2.45) is 0 Å². The highest BCUT2D eigenvalue weighted by Crippen LogP contribution is 2.48. The van der Waals surface area contributed by atoms with Gasteiger partial charge < -0.3 is 24.9 Å². The highest BCUT2D eigenvalue weighted by molar-refractivity contribution is 6.21. The number of halogens is 1. The second kappa shape index (κ2) is 8.71. The molecule has 41 heavy (non-hydrogen) atoms. The Morgan fingerprint density at radius 1 is 0.927 bits per heavy atom. The average molecular weight is 561 g/mol. The Kier molecular flexibility index (Phi) is 5.05. The summed E-state index contributed by atoms with van der Waals surface area (Å²) in [5, 5.41) is 6.33. The van der Waals surface area contributed by atoms with Gasteiger partial charge >= 0.3 is 5.97 Å². The van der Waals surface area contributed by atoms with Crippen molar-refractivity contribution in [2.45, 2.75) is 5.92 Å². The van der Waals surface area contributed by atoms with E-state index in [2.05, 4.69) is 15.3 Å². The Morgan fingerprint density at radius 3 is 2.59 bits per heavy atom. The number of amides is 2. The van der Waals surface area contributed by atoms with Crippen LogP contribution in [0.1, 0.15) is 42.8 Å². The Labute approximate surface area is 237 Å². The number of carbonyl (C=O) groups is 3. The van der Waals surface area contributed by atoms with E-state index in [1.165, 1.54) is 0 Å². The zero-order valence-corrected chi connectivity index (χ0v) is 22.2. The molecule has 8 rings (SSSR count). The maximum atomic E-state index is 13.9. The molecule has 4 aromatic carbocycles. The fraction of sp³-hybridized carbons (Fsp3) is 0.0938. The van der Waals surface area contributed by atoms with Gasteiger partial charge in [-0.15, -0.1) is 11.6 Å². The minimum Gasteiger partial charge on any atom is -0.422 e. The van der Waals surface area contributed by atoms with Crippen LogP contribution in [-0.2, 0) is 0 Å². The van der Waals surface area contributed by atoms with Crippen molar-refractivity contribution in [3.63, 3.8) is 0 Å². The molecule has 3 N–H and O–H groups in total. The number of hydrogen-bond donors (Lipinski definition) is 3. The molecule has 4 heterocycles. The molecule has 0 aliphatic carbocycles. The van der Waals surface area contributed by atoms with E-state index in [4.69, 9.17) is 16.3 Å². The number of rotatable bonds is 4. The predicted octanol–water partition coefficient (Wildman–Crippen LogP) is 6.57. The molecule has 2 aliphatic rings. The number of nitrogens with zero attached hydrogens (tertiary/aromatic N) is 1. The summed E-state index contributed by atoms with van der Waals surface area (Å²) >= 11 is 6.39. The molecule has 0 saturated heterocycles. The third kappa shape index (κ3) is 3.57. The van der Waals surface area contributed by atoms with Gasteiger partial charge in [0.2, 0.25) is 0 Å². The number of anilines is 2. The van der Waals surface area contributed by atoms with Gasteiger partial charge in [-0.25, -0.2) is 4.79 Å². The highest BCUT2D eigenvalue weighted by atomic mass is 35.5. The van der Waals surface area contributed by atoms with Gasteiger partial charge in [0.1, 0.15) is 17.1 Å². The molecule has 0 spiro atoms. The number of alkyl halides is 1. The highest BCUT2D eigenvalue weighted by Gasteiger charge is 2.38. The van der Waals surface area contributed by atoms with Gasteiger partial charge in [0.05, 0.1) is 11.3 Å². The molecule has 2 aromatic heterocycles. The van der Waals surface area contributed by atoms with Crippen LogP contribution in [0.2, 0.25) is 0 Å². The van der Waals surface area contributed by atoms with Crippen molar-refractivity contribution >= 4 is 73.3 Å². The lowest BCUT2D eigenvalue weighted by Gasteiger charge is -2.17. The first-order valence-corrected chi connectivity index (χ1v) is 13.7. The van der Waals surface area contributed by atoms with Crippen molar-refractivity contribution in [3.05, 3.63) is 101 Å². The molecular formula is C32H21ClN4O4. The molecular weight excluding hydrogens is 540 g/mol. The molecule has 200 valence electrons. The van der Waals surface area contributed by atoms with Crippen LogP contribution in [-0.4, -0.2) is 40.2 Å². The van der Waals surface area contributed by atoms with Crippen LogP contribution < -0.4 is 15.0 Å². The summed E-state index contributed by atoms with van der Waals surface area (Å²) in [6.45, 7) is 0.412. The monoisotopic (exact) mass is 560 g/mol. The topological polar surface area (TPSA) is 107 Å². The smallest absolute Gasteiger partial charge is 0.344 e. The number of ether oxygens (including phenoxy) is 1. The third-order valence-electron chi connectivity index (χ3n) is 7.98. The molecule has 2 amide bonds. The van der Waals surface area contributed by atoms with Gasteiger partial charge in [-0.3, -0.25) is 9.59 Å². The van der Waals surface area contributed by atoms with E-state index in [0.29, 0.717) is 46.5 Å². The predicted molar refractivity (Wildman–Crippen MR) is 159 cm³/mol. The number of fused-ring (bicyclic) bond motifs is 4. The lowest BCUT2D eigenvalue weighted by Crippen LogP contribution is -2.30. The maximum absolute atomic E-state index is 13.9. The number of esters is 1. The van der Waals surface area contributed by atoms with E-state index in [1.807, 2.05) is 54.6 Å². The number of hydrogen-bond acceptors (Lipinski definition) is 4. The first-order chi connectivity index (χ1) is 20.0. The number of H-pyrrole nitrogens is 2. The first kappa shape index (κ1) is 23.8. The van der Waals surface area contributed by atoms with Gasteiger partial charge in [-0.1, -0.05) is 30.3 Å². The summed E-state index contributed by atoms with van der Waals surface area (Å²) in [6.07, 6.45) is 0. The van der Waals surface area contributed by atoms with Crippen molar-refractivity contribution in [3.8, 4) is 5.75 Å². The molecule has 9 heteroatoms. The third-order valence-corrected chi connectivity index (χ3v) is 8.36. The Morgan fingerprint density at radius 2 is 1.73 bits per heavy atom. The summed E-state index contributed by atoms with van der Waals surface area (Å²) in [5.74, 6) is -0.164. The second-order valence-electron chi connectivity index (χ2n) is 10.4. The molecule has 6 aromatic rings. The molecule has 1 atom stereocenters. The van der Waals surface area contributed by atoms with Crippen LogP contribution in [0, 0.1) is 0 Å². The molecule has 0 saturated carbocycles. The van der Waals surface area contributed by atoms with E-state index < -0.39 is 5.97 Å². The summed E-state index contributed by atoms with van der Waals surface area (Å²) in [5.41, 5.74) is 5.31. The number of aromatic amines is 2. The molecule has 8 nitrogen and oxygen atoms in total. The fourth-order valence-corrected chi connectivity index (χ4v) is 6.36. The molecule has 0 fully saturated rings. The number of benzene rings is 4. The molecule has 0 bridgehead atoms. The number of carbonyl (C=O) groups excluding carboxylic acids is 3. The largest absolute Gasteiger partial charge is 0.422 e. The number of para-hydroxylation sites is 1. The summed E-state index contributed by atoms with van der Waals surface area (Å²) in [4.78, 5) is 47.2. The molecule has 0 unspecified atom stereocenters. The van der Waals surface area contributed by atoms with Gasteiger partial charge in [-0.05, 0) is 53.4 Å². The van der Waals surface area contributed by atoms with Gasteiger partial charge in [0, 0.05) is 57.3 Å². The quantitative estimate of drug-likeness (QED) is 0.129. The Bertz CT molecular complexity index is 2080. The lowest BCUT2D eigenvalue weighted by atomic mass is 9.94. The summed E-state index contributed by atoms with van der Waals surface area (Å²) in [7, 11) is 0. The van der Waals surface area contributed by atoms with E-state index in [0.717, 1.165) is 38.1 Å². The lowest BCUT2D eigenvalue weighted by molar-refractivity contribution is 0.0754. The van der Waals surface area contributed by atoms with Crippen LogP contribution in [0.25, 0.3) is 32.6 Å².